The zero-order chi connectivity index (χ0) is 15.5. The number of Topliss-reactive ketones (excluding diaryl/α,β-unsaturated/α-hetero) is 1. The van der Waals surface area contributed by atoms with Crippen molar-refractivity contribution in [1.82, 2.24) is 0 Å². The van der Waals surface area contributed by atoms with Crippen LogP contribution in [0.2, 0.25) is 0 Å². The first-order chi connectivity index (χ1) is 10.6. The fourth-order valence-electron chi connectivity index (χ4n) is 3.52. The minimum absolute atomic E-state index is 0. The summed E-state index contributed by atoms with van der Waals surface area (Å²) in [6.07, 6.45) is 5.98. The van der Waals surface area contributed by atoms with E-state index in [0.29, 0.717) is 31.8 Å². The van der Waals surface area contributed by atoms with Gasteiger partial charge in [0.05, 0.1) is 32.5 Å². The summed E-state index contributed by atoms with van der Waals surface area (Å²) in [5.74, 6) is -0.331. The van der Waals surface area contributed by atoms with Crippen molar-refractivity contribution < 1.29 is 59.8 Å². The molecule has 4 rings (SSSR count). The number of ether oxygens (including phenoxy) is 4. The Morgan fingerprint density at radius 1 is 0.833 bits per heavy atom. The van der Waals surface area contributed by atoms with Gasteiger partial charge in [0.2, 0.25) is 0 Å². The van der Waals surface area contributed by atoms with Crippen molar-refractivity contribution >= 4 is 14.2 Å². The molecule has 2 saturated carbocycles. The summed E-state index contributed by atoms with van der Waals surface area (Å²) in [6.45, 7) is 2.81. The number of hydrogen-bond donors (Lipinski definition) is 1. The number of hydrogen-bond acceptors (Lipinski definition) is 6. The second-order valence-corrected chi connectivity index (χ2v) is 6.49. The first-order valence-electron chi connectivity index (χ1n) is 8.37. The topological polar surface area (TPSA) is 74.2 Å². The maximum absolute atomic E-state index is 10.9. The van der Waals surface area contributed by atoms with Gasteiger partial charge in [-0.3, -0.25) is 4.79 Å². The van der Waals surface area contributed by atoms with Gasteiger partial charge >= 0.3 is 29.6 Å². The predicted octanol–water partition coefficient (Wildman–Crippen LogP) is -1.73. The van der Waals surface area contributed by atoms with E-state index in [1.165, 1.54) is 0 Å². The molecule has 0 unspecified atom stereocenters. The Morgan fingerprint density at radius 3 is 1.62 bits per heavy atom. The minimum Gasteiger partial charge on any atom is -1.00 e. The number of carbonyl (C=O) groups excluding carboxylic acids is 1. The first-order valence-corrected chi connectivity index (χ1v) is 8.37. The number of aliphatic hydroxyl groups excluding tert-OH is 1. The summed E-state index contributed by atoms with van der Waals surface area (Å²) in [5.41, 5.74) is 0. The molecule has 131 valence electrons. The quantitative estimate of drug-likeness (QED) is 0.524. The molecule has 8 heteroatoms. The molecule has 4 aliphatic rings. The van der Waals surface area contributed by atoms with E-state index < -0.39 is 0 Å². The van der Waals surface area contributed by atoms with Crippen molar-refractivity contribution in [1.29, 1.82) is 0 Å². The Bertz CT molecular complexity index is 380. The van der Waals surface area contributed by atoms with E-state index >= 15 is 0 Å². The third kappa shape index (κ3) is 5.78. The summed E-state index contributed by atoms with van der Waals surface area (Å²) < 4.78 is 21.9. The number of aliphatic hydroxyl groups is 1. The Kier molecular flexibility index (Phi) is 9.43. The fraction of sp³-hybridized carbons (Fsp3) is 0.938. The van der Waals surface area contributed by atoms with Gasteiger partial charge in [-0.05, 0) is 12.8 Å². The van der Waals surface area contributed by atoms with Gasteiger partial charge in [0, 0.05) is 46.9 Å². The summed E-state index contributed by atoms with van der Waals surface area (Å²) >= 11 is 0. The molecule has 2 aliphatic carbocycles. The molecule has 0 amide bonds. The minimum atomic E-state index is -0.367. The zero-order valence-corrected chi connectivity index (χ0v) is 16.6. The fourth-order valence-corrected chi connectivity index (χ4v) is 3.52. The SMILES string of the molecule is O=C1CCC2(CC1)OCCO2.OC1CCC2(CC1)OCCO2.[B].[H-].[Na+]. The smallest absolute Gasteiger partial charge is 1.00 e. The van der Waals surface area contributed by atoms with Crippen molar-refractivity contribution in [2.45, 2.75) is 69.0 Å². The molecule has 2 saturated heterocycles. The molecule has 3 radical (unpaired) electrons. The van der Waals surface area contributed by atoms with Gasteiger partial charge in [0.25, 0.3) is 0 Å². The van der Waals surface area contributed by atoms with Gasteiger partial charge < -0.3 is 25.5 Å². The average Bonchev–Trinajstić information content (AvgIpc) is 3.18. The van der Waals surface area contributed by atoms with Crippen LogP contribution >= 0.6 is 0 Å². The molecule has 0 bridgehead atoms. The van der Waals surface area contributed by atoms with E-state index in [4.69, 9.17) is 18.9 Å². The van der Waals surface area contributed by atoms with Crippen molar-refractivity contribution in [3.8, 4) is 0 Å². The van der Waals surface area contributed by atoms with Crippen LogP contribution in [0, 0.1) is 0 Å². The van der Waals surface area contributed by atoms with E-state index in [1.54, 1.807) is 0 Å². The van der Waals surface area contributed by atoms with Crippen molar-refractivity contribution in [2.24, 2.45) is 0 Å². The largest absolute Gasteiger partial charge is 1.00 e. The van der Waals surface area contributed by atoms with Crippen LogP contribution in [0.3, 0.4) is 0 Å². The molecule has 24 heavy (non-hydrogen) atoms. The van der Waals surface area contributed by atoms with Gasteiger partial charge in [-0.25, -0.2) is 0 Å². The van der Waals surface area contributed by atoms with Crippen LogP contribution in [0.15, 0.2) is 0 Å². The summed E-state index contributed by atoms with van der Waals surface area (Å²) in [7, 11) is 0. The van der Waals surface area contributed by atoms with Gasteiger partial charge in [-0.15, -0.1) is 0 Å². The van der Waals surface area contributed by atoms with Crippen LogP contribution in [-0.2, 0) is 23.7 Å². The normalized spacial score (nSPS) is 28.0. The molecule has 2 heterocycles. The zero-order valence-electron chi connectivity index (χ0n) is 15.6. The Labute approximate surface area is 169 Å². The van der Waals surface area contributed by atoms with Crippen LogP contribution in [0.1, 0.15) is 52.8 Å². The van der Waals surface area contributed by atoms with Gasteiger partial charge in [0.1, 0.15) is 5.78 Å². The van der Waals surface area contributed by atoms with Crippen LogP contribution in [0.25, 0.3) is 0 Å². The third-order valence-electron chi connectivity index (χ3n) is 4.91. The molecule has 2 spiro atoms. The van der Waals surface area contributed by atoms with Crippen molar-refractivity contribution in [3.05, 3.63) is 0 Å². The summed E-state index contributed by atoms with van der Waals surface area (Å²) in [5, 5.41) is 9.24. The monoisotopic (exact) mass is 349 g/mol. The summed E-state index contributed by atoms with van der Waals surface area (Å²) in [4.78, 5) is 10.9. The predicted molar refractivity (Wildman–Crippen MR) is 84.1 cm³/mol. The second-order valence-electron chi connectivity index (χ2n) is 6.49. The third-order valence-corrected chi connectivity index (χ3v) is 4.91. The van der Waals surface area contributed by atoms with E-state index in [0.717, 1.165) is 51.7 Å². The molecule has 0 atom stereocenters. The maximum atomic E-state index is 10.9. The molecule has 0 aromatic heterocycles. The van der Waals surface area contributed by atoms with Crippen molar-refractivity contribution in [2.75, 3.05) is 26.4 Å². The maximum Gasteiger partial charge on any atom is 1.00 e. The average molecular weight is 349 g/mol. The molecular weight excluding hydrogens is 322 g/mol. The molecule has 4 fully saturated rings. The molecule has 2 aliphatic heterocycles. The van der Waals surface area contributed by atoms with E-state index in [2.05, 4.69) is 0 Å². The Hall–Kier alpha value is 0.535. The van der Waals surface area contributed by atoms with Crippen LogP contribution in [-0.4, -0.2) is 63.4 Å². The van der Waals surface area contributed by atoms with E-state index in [1.807, 2.05) is 0 Å². The van der Waals surface area contributed by atoms with Crippen molar-refractivity contribution in [3.63, 3.8) is 0 Å². The van der Waals surface area contributed by atoms with E-state index in [-0.39, 0.29) is 57.1 Å². The number of rotatable bonds is 0. The van der Waals surface area contributed by atoms with Crippen LogP contribution in [0.4, 0.5) is 0 Å². The standard InChI is InChI=1S/C8H14O3.C8H12O3.B.Na.H/c2*9-7-1-3-8(4-2-7)10-5-6-11-8;;;/h7,9H,1-6H2;1-6H2;;;/q;;;+1;-1. The van der Waals surface area contributed by atoms with Gasteiger partial charge in [-0.1, -0.05) is 0 Å². The summed E-state index contributed by atoms with van der Waals surface area (Å²) in [6, 6.07) is 0. The van der Waals surface area contributed by atoms with Gasteiger partial charge in [-0.2, -0.15) is 0 Å². The van der Waals surface area contributed by atoms with Crippen LogP contribution in [0.5, 0.6) is 0 Å². The van der Waals surface area contributed by atoms with E-state index in [9.17, 15) is 9.90 Å². The molecule has 0 aromatic rings. The second kappa shape index (κ2) is 10.0. The molecule has 6 nitrogen and oxygen atoms in total. The number of carbonyl (C=O) groups is 1. The van der Waals surface area contributed by atoms with Gasteiger partial charge in [0.15, 0.2) is 11.6 Å². The molecule has 0 aromatic carbocycles. The Balaban J connectivity index is 0.000000411. The molecular formula is C16H27BNaO6. The molecule has 1 N–H and O–H groups in total. The number of ketones is 1. The van der Waals surface area contributed by atoms with Crippen LogP contribution < -0.4 is 29.6 Å². The Morgan fingerprint density at radius 2 is 1.21 bits per heavy atom. The first kappa shape index (κ1) is 22.6.